The van der Waals surface area contributed by atoms with Crippen LogP contribution in [-0.2, 0) is 19.4 Å². The Balaban J connectivity index is 2.54. The van der Waals surface area contributed by atoms with Crippen LogP contribution in [0.1, 0.15) is 12.8 Å². The minimum absolute atomic E-state index is 0.549. The fraction of sp³-hybridized carbons (Fsp3) is 0.800. The first-order chi connectivity index (χ1) is 5.64. The minimum atomic E-state index is -4.09. The molecule has 0 bridgehead atoms. The number of isocyanates is 1. The molecule has 0 aromatic carbocycles. The van der Waals surface area contributed by atoms with Gasteiger partial charge in [-0.3, -0.25) is 0 Å². The van der Waals surface area contributed by atoms with Gasteiger partial charge in [0.25, 0.3) is 6.08 Å². The molecule has 0 radical (unpaired) electrons. The van der Waals surface area contributed by atoms with Crippen molar-refractivity contribution in [3.63, 3.8) is 0 Å². The second-order valence-corrected chi connectivity index (χ2v) is 3.51. The summed E-state index contributed by atoms with van der Waals surface area (Å²) in [4.78, 5) is 9.62. The van der Waals surface area contributed by atoms with Crippen LogP contribution in [0.2, 0.25) is 0 Å². The molecule has 1 rings (SSSR count). The van der Waals surface area contributed by atoms with E-state index >= 15 is 0 Å². The Labute approximate surface area is 70.0 Å². The van der Waals surface area contributed by atoms with Crippen LogP contribution in [0.3, 0.4) is 0 Å². The van der Waals surface area contributed by atoms with Gasteiger partial charge in [0.15, 0.2) is 0 Å². The van der Waals surface area contributed by atoms with Crippen molar-refractivity contribution in [2.24, 2.45) is 4.40 Å². The number of hydroxylamine groups is 2. The zero-order valence-electron chi connectivity index (χ0n) is 6.26. The van der Waals surface area contributed by atoms with Crippen molar-refractivity contribution in [2.45, 2.75) is 12.8 Å². The van der Waals surface area contributed by atoms with Gasteiger partial charge < -0.3 is 0 Å². The SMILES string of the molecule is O=C=NS(=O)(=O)ON1CCCC1. The van der Waals surface area contributed by atoms with Gasteiger partial charge in [0.2, 0.25) is 0 Å². The van der Waals surface area contributed by atoms with E-state index in [1.807, 2.05) is 0 Å². The smallest absolute Gasteiger partial charge is 0.210 e. The minimum Gasteiger partial charge on any atom is -0.210 e. The van der Waals surface area contributed by atoms with Crippen LogP contribution in [0.25, 0.3) is 0 Å². The molecule has 0 aliphatic carbocycles. The Morgan fingerprint density at radius 2 is 1.92 bits per heavy atom. The molecule has 0 aromatic rings. The highest BCUT2D eigenvalue weighted by molar-refractivity contribution is 7.85. The fourth-order valence-electron chi connectivity index (χ4n) is 0.958. The molecule has 0 N–H and O–H groups in total. The number of rotatable bonds is 3. The Kier molecular flexibility index (Phi) is 2.93. The van der Waals surface area contributed by atoms with Crippen molar-refractivity contribution in [3.8, 4) is 0 Å². The summed E-state index contributed by atoms with van der Waals surface area (Å²) in [5, 5.41) is 1.26. The van der Waals surface area contributed by atoms with Gasteiger partial charge in [-0.2, -0.15) is 17.8 Å². The van der Waals surface area contributed by atoms with Gasteiger partial charge in [-0.15, -0.1) is 0 Å². The highest BCUT2D eigenvalue weighted by atomic mass is 32.2. The molecule has 68 valence electrons. The van der Waals surface area contributed by atoms with Gasteiger partial charge in [-0.05, 0) is 12.8 Å². The second kappa shape index (κ2) is 3.77. The van der Waals surface area contributed by atoms with Crippen LogP contribution in [0.4, 0.5) is 0 Å². The highest BCUT2D eigenvalue weighted by Gasteiger charge is 2.19. The van der Waals surface area contributed by atoms with E-state index in [4.69, 9.17) is 0 Å². The summed E-state index contributed by atoms with van der Waals surface area (Å²) < 4.78 is 28.3. The van der Waals surface area contributed by atoms with Crippen LogP contribution >= 0.6 is 0 Å². The van der Waals surface area contributed by atoms with Gasteiger partial charge in [0.05, 0.1) is 0 Å². The quantitative estimate of drug-likeness (QED) is 0.449. The largest absolute Gasteiger partial charge is 0.407 e. The van der Waals surface area contributed by atoms with E-state index in [-0.39, 0.29) is 0 Å². The Bertz CT molecular complexity index is 287. The van der Waals surface area contributed by atoms with Crippen molar-refractivity contribution in [2.75, 3.05) is 13.1 Å². The first kappa shape index (κ1) is 9.34. The molecule has 1 saturated heterocycles. The summed E-state index contributed by atoms with van der Waals surface area (Å²) in [6.07, 6.45) is 2.70. The summed E-state index contributed by atoms with van der Waals surface area (Å²) >= 11 is 0. The van der Waals surface area contributed by atoms with Crippen LogP contribution in [0.5, 0.6) is 0 Å². The maximum atomic E-state index is 10.7. The van der Waals surface area contributed by atoms with E-state index in [2.05, 4.69) is 8.68 Å². The Hall–Kier alpha value is -0.750. The van der Waals surface area contributed by atoms with Gasteiger partial charge in [0, 0.05) is 13.1 Å². The molecule has 0 atom stereocenters. The summed E-state index contributed by atoms with van der Waals surface area (Å²) in [7, 11) is -4.09. The maximum Gasteiger partial charge on any atom is 0.407 e. The molecule has 0 saturated carbocycles. The lowest BCUT2D eigenvalue weighted by atomic mass is 10.4. The van der Waals surface area contributed by atoms with Crippen LogP contribution < -0.4 is 0 Å². The predicted octanol–water partition coefficient (Wildman–Crippen LogP) is -0.406. The zero-order chi connectivity index (χ0) is 9.03. The molecular formula is C5H8N2O4S. The van der Waals surface area contributed by atoms with Crippen molar-refractivity contribution >= 4 is 16.4 Å². The number of hydrogen-bond donors (Lipinski definition) is 0. The molecule has 1 heterocycles. The van der Waals surface area contributed by atoms with E-state index in [9.17, 15) is 13.2 Å². The maximum absolute atomic E-state index is 10.7. The van der Waals surface area contributed by atoms with Gasteiger partial charge in [-0.1, -0.05) is 4.40 Å². The summed E-state index contributed by atoms with van der Waals surface area (Å²) in [6, 6.07) is 0. The highest BCUT2D eigenvalue weighted by Crippen LogP contribution is 2.10. The monoisotopic (exact) mass is 192 g/mol. The molecule has 0 amide bonds. The third-order valence-electron chi connectivity index (χ3n) is 1.41. The van der Waals surface area contributed by atoms with Crippen molar-refractivity contribution < 1.29 is 17.5 Å². The van der Waals surface area contributed by atoms with E-state index in [1.54, 1.807) is 0 Å². The van der Waals surface area contributed by atoms with E-state index < -0.39 is 10.3 Å². The molecule has 1 fully saturated rings. The summed E-state index contributed by atoms with van der Waals surface area (Å²) in [6.45, 7) is 1.10. The average Bonchev–Trinajstić information content (AvgIpc) is 2.38. The second-order valence-electron chi connectivity index (χ2n) is 2.32. The summed E-state index contributed by atoms with van der Waals surface area (Å²) in [5.41, 5.74) is 0. The Morgan fingerprint density at radius 3 is 2.42 bits per heavy atom. The molecule has 1 aliphatic rings. The molecule has 12 heavy (non-hydrogen) atoms. The van der Waals surface area contributed by atoms with Crippen molar-refractivity contribution in [1.29, 1.82) is 0 Å². The lowest BCUT2D eigenvalue weighted by Gasteiger charge is -2.09. The van der Waals surface area contributed by atoms with Crippen molar-refractivity contribution in [3.05, 3.63) is 0 Å². The lowest BCUT2D eigenvalue weighted by molar-refractivity contribution is -0.0268. The van der Waals surface area contributed by atoms with Gasteiger partial charge >= 0.3 is 10.3 Å². The summed E-state index contributed by atoms with van der Waals surface area (Å²) in [5.74, 6) is 0. The topological polar surface area (TPSA) is 76.0 Å². The molecule has 7 heteroatoms. The molecule has 1 aliphatic heterocycles. The molecular weight excluding hydrogens is 184 g/mol. The van der Waals surface area contributed by atoms with E-state index in [1.165, 1.54) is 5.06 Å². The first-order valence-electron chi connectivity index (χ1n) is 3.43. The Morgan fingerprint density at radius 1 is 1.33 bits per heavy atom. The molecule has 6 nitrogen and oxygen atoms in total. The number of hydrogen-bond acceptors (Lipinski definition) is 5. The third-order valence-corrected chi connectivity index (χ3v) is 2.11. The lowest BCUT2D eigenvalue weighted by Crippen LogP contribution is -2.22. The average molecular weight is 192 g/mol. The number of carbonyl (C=O) groups excluding carboxylic acids is 1. The first-order valence-corrected chi connectivity index (χ1v) is 4.79. The van der Waals surface area contributed by atoms with Crippen molar-refractivity contribution in [1.82, 2.24) is 5.06 Å². The van der Waals surface area contributed by atoms with Gasteiger partial charge in [0.1, 0.15) is 0 Å². The van der Waals surface area contributed by atoms with Crippen LogP contribution in [-0.4, -0.2) is 32.7 Å². The van der Waals surface area contributed by atoms with E-state index in [0.717, 1.165) is 18.9 Å². The normalized spacial score (nSPS) is 19.0. The van der Waals surface area contributed by atoms with Crippen LogP contribution in [0, 0.1) is 0 Å². The molecule has 0 spiro atoms. The standard InChI is InChI=1S/C5H8N2O4S/c8-5-6-12(9,10)11-7-3-1-2-4-7/h1-4H2. The van der Waals surface area contributed by atoms with Gasteiger partial charge in [-0.25, -0.2) is 4.79 Å². The fourth-order valence-corrected chi connectivity index (χ4v) is 1.50. The predicted molar refractivity (Wildman–Crippen MR) is 38.9 cm³/mol. The third kappa shape index (κ3) is 2.71. The zero-order valence-corrected chi connectivity index (χ0v) is 7.08. The van der Waals surface area contributed by atoms with Crippen LogP contribution in [0.15, 0.2) is 4.40 Å². The molecule has 0 unspecified atom stereocenters. The number of nitrogens with zero attached hydrogens (tertiary/aromatic N) is 2. The molecule has 0 aromatic heterocycles. The van der Waals surface area contributed by atoms with E-state index in [0.29, 0.717) is 13.1 Å².